The highest BCUT2D eigenvalue weighted by Crippen LogP contribution is 2.34. The highest BCUT2D eigenvalue weighted by atomic mass is 32.2. The summed E-state index contributed by atoms with van der Waals surface area (Å²) in [5, 5.41) is 0. The Labute approximate surface area is 148 Å². The molecule has 0 saturated heterocycles. The number of sulfonamides is 1. The van der Waals surface area contributed by atoms with E-state index in [1.54, 1.807) is 42.3 Å². The zero-order chi connectivity index (χ0) is 18.4. The Bertz CT molecular complexity index is 920. The number of amides is 1. The number of anilines is 2. The van der Waals surface area contributed by atoms with E-state index < -0.39 is 10.0 Å². The molecular weight excluding hydrogens is 336 g/mol. The number of aryl methyl sites for hydroxylation is 1. The second-order valence-corrected chi connectivity index (χ2v) is 8.51. The van der Waals surface area contributed by atoms with Crippen molar-refractivity contribution in [3.8, 4) is 0 Å². The van der Waals surface area contributed by atoms with Crippen LogP contribution in [0.15, 0.2) is 47.4 Å². The highest BCUT2D eigenvalue weighted by molar-refractivity contribution is 7.92. The Kier molecular flexibility index (Phi) is 4.33. The topological polar surface area (TPSA) is 57.7 Å². The number of nitrogens with zero attached hydrogens (tertiary/aromatic N) is 2. The smallest absolute Gasteiger partial charge is 0.264 e. The minimum absolute atomic E-state index is 0.0290. The summed E-state index contributed by atoms with van der Waals surface area (Å²) < 4.78 is 27.2. The minimum atomic E-state index is -3.65. The maximum absolute atomic E-state index is 13.0. The van der Waals surface area contributed by atoms with Gasteiger partial charge in [0.25, 0.3) is 10.0 Å². The van der Waals surface area contributed by atoms with Crippen LogP contribution in [0, 0.1) is 6.92 Å². The second-order valence-electron chi connectivity index (χ2n) is 6.54. The number of carbonyl (C=O) groups is 1. The minimum Gasteiger partial charge on any atom is -0.309 e. The Morgan fingerprint density at radius 2 is 1.80 bits per heavy atom. The van der Waals surface area contributed by atoms with Gasteiger partial charge in [0, 0.05) is 25.7 Å². The molecule has 3 rings (SSSR count). The van der Waals surface area contributed by atoms with Crippen molar-refractivity contribution in [2.75, 3.05) is 16.3 Å². The van der Waals surface area contributed by atoms with Gasteiger partial charge in [0.15, 0.2) is 0 Å². The third kappa shape index (κ3) is 3.02. The number of fused-ring (bicyclic) bond motifs is 1. The number of rotatable bonds is 3. The van der Waals surface area contributed by atoms with Crippen molar-refractivity contribution in [3.05, 3.63) is 53.6 Å². The lowest BCUT2D eigenvalue weighted by Crippen LogP contribution is -2.33. The lowest BCUT2D eigenvalue weighted by Gasteiger charge is -2.22. The molecule has 6 heteroatoms. The van der Waals surface area contributed by atoms with Crippen LogP contribution in [-0.4, -0.2) is 27.4 Å². The maximum atomic E-state index is 13.0. The monoisotopic (exact) mass is 358 g/mol. The van der Waals surface area contributed by atoms with Gasteiger partial charge in [0.2, 0.25) is 5.91 Å². The number of carbonyl (C=O) groups excluding carboxylic acids is 1. The molecule has 2 aromatic rings. The predicted octanol–water partition coefficient (Wildman–Crippen LogP) is 3.12. The molecule has 132 valence electrons. The van der Waals surface area contributed by atoms with Crippen molar-refractivity contribution in [3.63, 3.8) is 0 Å². The molecule has 1 atom stereocenters. The first-order valence-electron chi connectivity index (χ1n) is 8.20. The van der Waals surface area contributed by atoms with Crippen LogP contribution in [0.1, 0.15) is 25.0 Å². The zero-order valence-electron chi connectivity index (χ0n) is 14.9. The Morgan fingerprint density at radius 1 is 1.16 bits per heavy atom. The molecule has 0 unspecified atom stereocenters. The van der Waals surface area contributed by atoms with Gasteiger partial charge in [0.1, 0.15) is 0 Å². The lowest BCUT2D eigenvalue weighted by atomic mass is 10.1. The molecule has 1 aliphatic heterocycles. The van der Waals surface area contributed by atoms with E-state index in [0.717, 1.165) is 16.8 Å². The SMILES string of the molecule is CC(=O)N1c2ccc(S(=O)(=O)N(C)c3ccc(C)cc3)cc2C[C@@H]1C. The van der Waals surface area contributed by atoms with Crippen LogP contribution >= 0.6 is 0 Å². The molecule has 0 spiro atoms. The third-order valence-electron chi connectivity index (χ3n) is 4.66. The summed E-state index contributed by atoms with van der Waals surface area (Å²) in [6.45, 7) is 5.45. The summed E-state index contributed by atoms with van der Waals surface area (Å²) in [6, 6.07) is 12.4. The first kappa shape index (κ1) is 17.5. The fourth-order valence-corrected chi connectivity index (χ4v) is 4.55. The van der Waals surface area contributed by atoms with Crippen molar-refractivity contribution in [1.29, 1.82) is 0 Å². The van der Waals surface area contributed by atoms with Crippen LogP contribution in [0.5, 0.6) is 0 Å². The van der Waals surface area contributed by atoms with Gasteiger partial charge in [-0.3, -0.25) is 9.10 Å². The maximum Gasteiger partial charge on any atom is 0.264 e. The van der Waals surface area contributed by atoms with E-state index >= 15 is 0 Å². The van der Waals surface area contributed by atoms with Crippen LogP contribution in [0.2, 0.25) is 0 Å². The molecule has 0 saturated carbocycles. The average molecular weight is 358 g/mol. The molecule has 0 fully saturated rings. The molecule has 0 N–H and O–H groups in total. The molecule has 2 aromatic carbocycles. The quantitative estimate of drug-likeness (QED) is 0.847. The standard InChI is InChI=1S/C19H22N2O3S/c1-13-5-7-17(8-6-13)20(4)25(23,24)18-9-10-19-16(12-18)11-14(2)21(19)15(3)22/h5-10,12,14H,11H2,1-4H3/t14-/m0/s1. The Balaban J connectivity index is 1.98. The van der Waals surface area contributed by atoms with E-state index in [4.69, 9.17) is 0 Å². The lowest BCUT2D eigenvalue weighted by molar-refractivity contribution is -0.116. The van der Waals surface area contributed by atoms with Crippen molar-refractivity contribution in [1.82, 2.24) is 0 Å². The fourth-order valence-electron chi connectivity index (χ4n) is 3.30. The molecule has 1 amide bonds. The Hall–Kier alpha value is -2.34. The predicted molar refractivity (Wildman–Crippen MR) is 99.5 cm³/mol. The second kappa shape index (κ2) is 6.19. The molecule has 1 aliphatic rings. The summed E-state index contributed by atoms with van der Waals surface area (Å²) in [4.78, 5) is 13.8. The largest absolute Gasteiger partial charge is 0.309 e. The van der Waals surface area contributed by atoms with Crippen LogP contribution < -0.4 is 9.21 Å². The normalized spacial score (nSPS) is 16.6. The first-order chi connectivity index (χ1) is 11.7. The summed E-state index contributed by atoms with van der Waals surface area (Å²) >= 11 is 0. The van der Waals surface area contributed by atoms with E-state index in [9.17, 15) is 13.2 Å². The summed E-state index contributed by atoms with van der Waals surface area (Å²) in [5.74, 6) is -0.0290. The van der Waals surface area contributed by atoms with E-state index in [1.807, 2.05) is 26.0 Å². The van der Waals surface area contributed by atoms with Crippen LogP contribution in [0.25, 0.3) is 0 Å². The van der Waals surface area contributed by atoms with Gasteiger partial charge >= 0.3 is 0 Å². The number of hydrogen-bond donors (Lipinski definition) is 0. The van der Waals surface area contributed by atoms with Crippen LogP contribution in [-0.2, 0) is 21.2 Å². The van der Waals surface area contributed by atoms with Crippen molar-refractivity contribution in [2.45, 2.75) is 38.1 Å². The van der Waals surface area contributed by atoms with Crippen LogP contribution in [0.4, 0.5) is 11.4 Å². The molecule has 0 radical (unpaired) electrons. The van der Waals surface area contributed by atoms with Crippen LogP contribution in [0.3, 0.4) is 0 Å². The highest BCUT2D eigenvalue weighted by Gasteiger charge is 2.31. The van der Waals surface area contributed by atoms with Gasteiger partial charge in [-0.1, -0.05) is 17.7 Å². The van der Waals surface area contributed by atoms with Gasteiger partial charge in [-0.15, -0.1) is 0 Å². The van der Waals surface area contributed by atoms with Gasteiger partial charge in [-0.2, -0.15) is 0 Å². The average Bonchev–Trinajstić information content (AvgIpc) is 2.89. The summed E-state index contributed by atoms with van der Waals surface area (Å²) in [5.41, 5.74) is 3.38. The zero-order valence-corrected chi connectivity index (χ0v) is 15.7. The number of benzene rings is 2. The summed E-state index contributed by atoms with van der Waals surface area (Å²) in [6.07, 6.45) is 0.659. The molecule has 5 nitrogen and oxygen atoms in total. The van der Waals surface area contributed by atoms with Gasteiger partial charge in [0.05, 0.1) is 10.6 Å². The molecule has 0 aliphatic carbocycles. The van der Waals surface area contributed by atoms with Gasteiger partial charge < -0.3 is 4.90 Å². The molecule has 1 heterocycles. The molecule has 0 bridgehead atoms. The molecule has 0 aromatic heterocycles. The van der Waals surface area contributed by atoms with Crippen molar-refractivity contribution < 1.29 is 13.2 Å². The van der Waals surface area contributed by atoms with Gasteiger partial charge in [-0.05, 0) is 56.2 Å². The van der Waals surface area contributed by atoms with Crippen molar-refractivity contribution in [2.24, 2.45) is 0 Å². The van der Waals surface area contributed by atoms with Gasteiger partial charge in [-0.25, -0.2) is 8.42 Å². The van der Waals surface area contributed by atoms with Crippen molar-refractivity contribution >= 4 is 27.3 Å². The first-order valence-corrected chi connectivity index (χ1v) is 9.64. The van der Waals surface area contributed by atoms with E-state index in [-0.39, 0.29) is 16.8 Å². The fraction of sp³-hybridized carbons (Fsp3) is 0.316. The molecule has 25 heavy (non-hydrogen) atoms. The third-order valence-corrected chi connectivity index (χ3v) is 6.44. The van der Waals surface area contributed by atoms with E-state index in [2.05, 4.69) is 0 Å². The molecular formula is C19H22N2O3S. The summed E-state index contributed by atoms with van der Waals surface area (Å²) in [7, 11) is -2.10. The van der Waals surface area contributed by atoms with E-state index in [0.29, 0.717) is 12.1 Å². The van der Waals surface area contributed by atoms with E-state index in [1.165, 1.54) is 11.2 Å². The Morgan fingerprint density at radius 3 is 2.40 bits per heavy atom. The number of hydrogen-bond acceptors (Lipinski definition) is 3.